The molecule has 9 heteroatoms. The van der Waals surface area contributed by atoms with Crippen LogP contribution in [0.1, 0.15) is 24.1 Å². The van der Waals surface area contributed by atoms with E-state index < -0.39 is 12.6 Å². The molecule has 1 aliphatic carbocycles. The maximum absolute atomic E-state index is 12.6. The third-order valence-electron chi connectivity index (χ3n) is 4.83. The van der Waals surface area contributed by atoms with E-state index >= 15 is 0 Å². The van der Waals surface area contributed by atoms with Gasteiger partial charge in [0.25, 0.3) is 0 Å². The summed E-state index contributed by atoms with van der Waals surface area (Å²) in [7, 11) is 0. The zero-order valence-corrected chi connectivity index (χ0v) is 14.5. The molecular weight excluding hydrogens is 361 g/mol. The summed E-state index contributed by atoms with van der Waals surface area (Å²) in [4.78, 5) is 11.5. The van der Waals surface area contributed by atoms with Gasteiger partial charge in [0.05, 0.1) is 11.8 Å². The fourth-order valence-corrected chi connectivity index (χ4v) is 4.90. The lowest BCUT2D eigenvalue weighted by Crippen LogP contribution is -2.56. The minimum Gasteiger partial charge on any atom is -0.355 e. The number of alkyl halides is 3. The number of anilines is 1. The van der Waals surface area contributed by atoms with Gasteiger partial charge in [-0.2, -0.15) is 13.2 Å². The van der Waals surface area contributed by atoms with Crippen molar-refractivity contribution in [2.45, 2.75) is 37.9 Å². The summed E-state index contributed by atoms with van der Waals surface area (Å²) in [6.07, 6.45) is -0.456. The van der Waals surface area contributed by atoms with Crippen LogP contribution < -0.4 is 10.6 Å². The van der Waals surface area contributed by atoms with Crippen LogP contribution in [0.2, 0.25) is 0 Å². The first kappa shape index (κ1) is 17.7. The number of rotatable bonds is 2. The molecule has 1 atom stereocenters. The van der Waals surface area contributed by atoms with E-state index in [0.29, 0.717) is 4.83 Å². The molecule has 1 saturated carbocycles. The number of nitrogens with zero attached hydrogens (tertiary/aromatic N) is 3. The SMILES string of the molecule is Cl.NC1CCC2(C1)CN(c1ncnc3sc(CC(F)(F)F)cc13)C2. The quantitative estimate of drug-likeness (QED) is 0.868. The predicted molar refractivity (Wildman–Crippen MR) is 90.9 cm³/mol. The number of halogens is 4. The smallest absolute Gasteiger partial charge is 0.355 e. The van der Waals surface area contributed by atoms with Gasteiger partial charge in [-0.3, -0.25) is 0 Å². The van der Waals surface area contributed by atoms with Crippen LogP contribution in [0.5, 0.6) is 0 Å². The van der Waals surface area contributed by atoms with Gasteiger partial charge in [0.2, 0.25) is 0 Å². The molecule has 132 valence electrons. The Morgan fingerprint density at radius 2 is 2.08 bits per heavy atom. The second-order valence-corrected chi connectivity index (χ2v) is 7.89. The molecule has 3 heterocycles. The van der Waals surface area contributed by atoms with Crippen molar-refractivity contribution < 1.29 is 13.2 Å². The highest BCUT2D eigenvalue weighted by Gasteiger charge is 2.48. The summed E-state index contributed by atoms with van der Waals surface area (Å²) < 4.78 is 37.8. The van der Waals surface area contributed by atoms with Crippen molar-refractivity contribution in [1.29, 1.82) is 0 Å². The van der Waals surface area contributed by atoms with E-state index in [1.807, 2.05) is 0 Å². The molecule has 4 rings (SSSR count). The van der Waals surface area contributed by atoms with Crippen molar-refractivity contribution in [3.8, 4) is 0 Å². The molecular formula is C15H18ClF3N4S. The molecule has 2 aromatic rings. The Kier molecular flexibility index (Phi) is 4.42. The maximum Gasteiger partial charge on any atom is 0.393 e. The normalized spacial score (nSPS) is 22.7. The lowest BCUT2D eigenvalue weighted by atomic mass is 9.78. The minimum atomic E-state index is -4.20. The first-order chi connectivity index (χ1) is 10.8. The third-order valence-corrected chi connectivity index (χ3v) is 5.87. The molecule has 4 nitrogen and oxygen atoms in total. The van der Waals surface area contributed by atoms with E-state index in [4.69, 9.17) is 5.73 Å². The van der Waals surface area contributed by atoms with Crippen molar-refractivity contribution in [2.24, 2.45) is 11.1 Å². The van der Waals surface area contributed by atoms with Gasteiger partial charge in [-0.1, -0.05) is 0 Å². The average molecular weight is 379 g/mol. The Morgan fingerprint density at radius 1 is 1.33 bits per heavy atom. The monoisotopic (exact) mass is 378 g/mol. The van der Waals surface area contributed by atoms with Crippen molar-refractivity contribution >= 4 is 39.8 Å². The molecule has 2 N–H and O–H groups in total. The van der Waals surface area contributed by atoms with Crippen LogP contribution in [0, 0.1) is 5.41 Å². The summed E-state index contributed by atoms with van der Waals surface area (Å²) in [6, 6.07) is 1.87. The van der Waals surface area contributed by atoms with Crippen LogP contribution in [0.4, 0.5) is 19.0 Å². The Morgan fingerprint density at radius 3 is 2.71 bits per heavy atom. The number of thiophene rings is 1. The number of hydrogen-bond acceptors (Lipinski definition) is 5. The van der Waals surface area contributed by atoms with Crippen LogP contribution in [0.25, 0.3) is 10.2 Å². The van der Waals surface area contributed by atoms with E-state index in [1.54, 1.807) is 6.07 Å². The zero-order chi connectivity index (χ0) is 16.2. The van der Waals surface area contributed by atoms with Gasteiger partial charge < -0.3 is 10.6 Å². The number of aromatic nitrogens is 2. The minimum absolute atomic E-state index is 0. The molecule has 0 radical (unpaired) electrons. The standard InChI is InChI=1S/C15H17F3N4S.ClH/c16-15(17,18)5-10-3-11-12(20-8-21-13(11)23-10)22-6-14(7-22)2-1-9(19)4-14;/h3,8-9H,1-2,4-7,19H2;1H. The van der Waals surface area contributed by atoms with Crippen molar-refractivity contribution in [3.05, 3.63) is 17.3 Å². The molecule has 1 saturated heterocycles. The van der Waals surface area contributed by atoms with Crippen LogP contribution >= 0.6 is 23.7 Å². The van der Waals surface area contributed by atoms with Crippen LogP contribution in [0.3, 0.4) is 0 Å². The average Bonchev–Trinajstić information content (AvgIpc) is 2.97. The van der Waals surface area contributed by atoms with Gasteiger partial charge in [0.1, 0.15) is 17.0 Å². The Balaban J connectivity index is 0.00000169. The summed E-state index contributed by atoms with van der Waals surface area (Å²) >= 11 is 1.10. The Hall–Kier alpha value is -1.12. The molecule has 24 heavy (non-hydrogen) atoms. The number of fused-ring (bicyclic) bond motifs is 1. The van der Waals surface area contributed by atoms with Gasteiger partial charge in [-0.05, 0) is 25.3 Å². The number of hydrogen-bond donors (Lipinski definition) is 1. The molecule has 0 aromatic carbocycles. The molecule has 1 spiro atoms. The van der Waals surface area contributed by atoms with Crippen LogP contribution in [0.15, 0.2) is 12.4 Å². The van der Waals surface area contributed by atoms with Gasteiger partial charge >= 0.3 is 6.18 Å². The highest BCUT2D eigenvalue weighted by Crippen LogP contribution is 2.47. The highest BCUT2D eigenvalue weighted by molar-refractivity contribution is 7.18. The molecule has 2 aliphatic rings. The summed E-state index contributed by atoms with van der Waals surface area (Å²) in [6.45, 7) is 1.77. The molecule has 1 aliphatic heterocycles. The van der Waals surface area contributed by atoms with Crippen LogP contribution in [-0.2, 0) is 6.42 Å². The van der Waals surface area contributed by atoms with Gasteiger partial charge in [0.15, 0.2) is 0 Å². The fraction of sp³-hybridized carbons (Fsp3) is 0.600. The van der Waals surface area contributed by atoms with E-state index in [0.717, 1.165) is 54.9 Å². The molecule has 0 bridgehead atoms. The fourth-order valence-electron chi connectivity index (χ4n) is 3.88. The molecule has 1 unspecified atom stereocenters. The maximum atomic E-state index is 12.6. The summed E-state index contributed by atoms with van der Waals surface area (Å²) in [5, 5.41) is 0.730. The largest absolute Gasteiger partial charge is 0.393 e. The van der Waals surface area contributed by atoms with Crippen molar-refractivity contribution in [2.75, 3.05) is 18.0 Å². The molecule has 2 aromatic heterocycles. The van der Waals surface area contributed by atoms with Crippen molar-refractivity contribution in [3.63, 3.8) is 0 Å². The van der Waals surface area contributed by atoms with Crippen LogP contribution in [-0.4, -0.2) is 35.3 Å². The first-order valence-electron chi connectivity index (χ1n) is 7.64. The zero-order valence-electron chi connectivity index (χ0n) is 12.8. The topological polar surface area (TPSA) is 55.0 Å². The molecule has 0 amide bonds. The van der Waals surface area contributed by atoms with E-state index in [-0.39, 0.29) is 28.7 Å². The summed E-state index contributed by atoms with van der Waals surface area (Å²) in [5.74, 6) is 0.755. The second kappa shape index (κ2) is 6.00. The van der Waals surface area contributed by atoms with Gasteiger partial charge in [0, 0.05) is 29.4 Å². The van der Waals surface area contributed by atoms with Gasteiger partial charge in [-0.15, -0.1) is 23.7 Å². The lowest BCUT2D eigenvalue weighted by Gasteiger charge is -2.49. The predicted octanol–water partition coefficient (Wildman–Crippen LogP) is 3.54. The second-order valence-electron chi connectivity index (χ2n) is 6.78. The van der Waals surface area contributed by atoms with E-state index in [9.17, 15) is 13.2 Å². The lowest BCUT2D eigenvalue weighted by molar-refractivity contribution is -0.126. The number of nitrogens with two attached hydrogens (primary N) is 1. The first-order valence-corrected chi connectivity index (χ1v) is 8.46. The van der Waals surface area contributed by atoms with Gasteiger partial charge in [-0.25, -0.2) is 9.97 Å². The Labute approximate surface area is 147 Å². The Bertz CT molecular complexity index is 742. The van der Waals surface area contributed by atoms with E-state index in [2.05, 4.69) is 14.9 Å². The van der Waals surface area contributed by atoms with Crippen molar-refractivity contribution in [1.82, 2.24) is 9.97 Å². The highest BCUT2D eigenvalue weighted by atomic mass is 35.5. The van der Waals surface area contributed by atoms with E-state index in [1.165, 1.54) is 6.33 Å². The molecule has 2 fully saturated rings. The summed E-state index contributed by atoms with van der Waals surface area (Å²) in [5.41, 5.74) is 6.29. The third kappa shape index (κ3) is 3.19.